The summed E-state index contributed by atoms with van der Waals surface area (Å²) in [5.74, 6) is -0.305. The van der Waals surface area contributed by atoms with Crippen LogP contribution < -0.4 is 15.4 Å². The van der Waals surface area contributed by atoms with E-state index in [1.807, 2.05) is 41.1 Å². The molecule has 1 amide bonds. The van der Waals surface area contributed by atoms with Gasteiger partial charge in [-0.25, -0.2) is 9.78 Å². The van der Waals surface area contributed by atoms with Crippen molar-refractivity contribution in [1.29, 1.82) is 0 Å². The van der Waals surface area contributed by atoms with Crippen LogP contribution in [-0.4, -0.2) is 53.2 Å². The Balaban J connectivity index is 1.32. The molecule has 0 spiro atoms. The molecule has 0 bridgehead atoms. The topological polar surface area (TPSA) is 107 Å². The molecule has 1 aliphatic heterocycles. The van der Waals surface area contributed by atoms with Crippen LogP contribution in [0, 0.1) is 0 Å². The van der Waals surface area contributed by atoms with Gasteiger partial charge in [-0.2, -0.15) is 0 Å². The molecular formula is C25H28Cl2N4O5. The Morgan fingerprint density at radius 3 is 2.78 bits per heavy atom. The lowest BCUT2D eigenvalue weighted by atomic mass is 10.0. The van der Waals surface area contributed by atoms with E-state index in [4.69, 9.17) is 42.5 Å². The lowest BCUT2D eigenvalue weighted by Gasteiger charge is -2.30. The van der Waals surface area contributed by atoms with Crippen molar-refractivity contribution in [2.45, 2.75) is 31.4 Å². The van der Waals surface area contributed by atoms with Crippen molar-refractivity contribution in [3.63, 3.8) is 0 Å². The SMILES string of the molecule is O=C(O)NCCNCc1ccc(OCC2COC(CCn3ccnc3)(c3ccc(Cl)cc3Cl)O2)cc1. The molecule has 192 valence electrons. The largest absolute Gasteiger partial charge is 0.491 e. The average molecular weight is 535 g/mol. The number of amides is 1. The number of carbonyl (C=O) groups is 1. The van der Waals surface area contributed by atoms with Crippen LogP contribution in [-0.2, 0) is 28.4 Å². The number of imidazole rings is 1. The highest BCUT2D eigenvalue weighted by Crippen LogP contribution is 2.42. The van der Waals surface area contributed by atoms with Crippen LogP contribution in [0.2, 0.25) is 10.0 Å². The third-order valence-electron chi connectivity index (χ3n) is 5.73. The normalized spacial score (nSPS) is 19.3. The molecule has 3 N–H and O–H groups in total. The molecule has 0 saturated carbocycles. The monoisotopic (exact) mass is 534 g/mol. The van der Waals surface area contributed by atoms with E-state index in [-0.39, 0.29) is 6.10 Å². The highest BCUT2D eigenvalue weighted by atomic mass is 35.5. The first-order valence-electron chi connectivity index (χ1n) is 11.6. The van der Waals surface area contributed by atoms with Crippen LogP contribution in [0.15, 0.2) is 61.2 Å². The minimum absolute atomic E-state index is 0.289. The van der Waals surface area contributed by atoms with Crippen molar-refractivity contribution in [2.24, 2.45) is 0 Å². The van der Waals surface area contributed by atoms with Crippen LogP contribution in [0.25, 0.3) is 0 Å². The smallest absolute Gasteiger partial charge is 0.404 e. The summed E-state index contributed by atoms with van der Waals surface area (Å²) in [6, 6.07) is 13.0. The molecule has 11 heteroatoms. The summed E-state index contributed by atoms with van der Waals surface area (Å²) in [5, 5.41) is 15.1. The number of halogens is 2. The first kappa shape index (κ1) is 26.2. The van der Waals surface area contributed by atoms with Gasteiger partial charge in [0, 0.05) is 55.6 Å². The van der Waals surface area contributed by atoms with Crippen molar-refractivity contribution in [1.82, 2.24) is 20.2 Å². The van der Waals surface area contributed by atoms with Crippen LogP contribution in [0.3, 0.4) is 0 Å². The standard InChI is InChI=1S/C25H28Cl2N4O5/c26-19-3-6-22(23(27)13-19)25(7-11-31-12-10-29-17-31)35-16-21(36-25)15-34-20-4-1-18(2-5-20)14-28-8-9-30-24(32)33/h1-6,10,12-13,17,21,28,30H,7-9,11,14-16H2,(H,32,33). The van der Waals surface area contributed by atoms with Gasteiger partial charge >= 0.3 is 6.09 Å². The first-order chi connectivity index (χ1) is 17.4. The molecule has 36 heavy (non-hydrogen) atoms. The molecule has 2 unspecified atom stereocenters. The van der Waals surface area contributed by atoms with Crippen molar-refractivity contribution < 1.29 is 24.1 Å². The number of rotatable bonds is 12. The number of carboxylic acid groups (broad SMARTS) is 1. The molecule has 2 aromatic carbocycles. The summed E-state index contributed by atoms with van der Waals surface area (Å²) >= 11 is 12.6. The molecular weight excluding hydrogens is 507 g/mol. The van der Waals surface area contributed by atoms with E-state index in [0.29, 0.717) is 55.9 Å². The molecule has 2 atom stereocenters. The second-order valence-corrected chi connectivity index (χ2v) is 9.19. The molecule has 1 aromatic heterocycles. The van der Waals surface area contributed by atoms with Crippen molar-refractivity contribution in [3.05, 3.63) is 82.4 Å². The minimum atomic E-state index is -1.03. The second kappa shape index (κ2) is 12.4. The fourth-order valence-electron chi connectivity index (χ4n) is 3.93. The summed E-state index contributed by atoms with van der Waals surface area (Å²) in [6.07, 6.45) is 4.58. The van der Waals surface area contributed by atoms with Gasteiger partial charge in [0.2, 0.25) is 0 Å². The molecule has 2 heterocycles. The van der Waals surface area contributed by atoms with Crippen LogP contribution in [0.4, 0.5) is 4.79 Å². The fourth-order valence-corrected chi connectivity index (χ4v) is 4.48. The highest BCUT2D eigenvalue weighted by Gasteiger charge is 2.44. The van der Waals surface area contributed by atoms with Crippen molar-refractivity contribution in [3.8, 4) is 5.75 Å². The molecule has 0 aliphatic carbocycles. The Labute approximate surface area is 219 Å². The summed E-state index contributed by atoms with van der Waals surface area (Å²) in [5.41, 5.74) is 1.79. The van der Waals surface area contributed by atoms with Gasteiger partial charge in [-0.3, -0.25) is 0 Å². The van der Waals surface area contributed by atoms with Gasteiger partial charge in [0.05, 0.1) is 18.0 Å². The summed E-state index contributed by atoms with van der Waals surface area (Å²) in [6.45, 7) is 2.83. The Morgan fingerprint density at radius 2 is 2.06 bits per heavy atom. The number of aromatic nitrogens is 2. The summed E-state index contributed by atoms with van der Waals surface area (Å²) in [7, 11) is 0. The Bertz CT molecular complexity index is 1130. The van der Waals surface area contributed by atoms with Crippen molar-refractivity contribution in [2.75, 3.05) is 26.3 Å². The number of nitrogens with one attached hydrogen (secondary N) is 2. The molecule has 0 radical (unpaired) electrons. The van der Waals surface area contributed by atoms with Gasteiger partial charge in [0.1, 0.15) is 18.5 Å². The number of hydrogen-bond acceptors (Lipinski definition) is 6. The maximum atomic E-state index is 10.5. The van der Waals surface area contributed by atoms with Crippen LogP contribution in [0.5, 0.6) is 5.75 Å². The quantitative estimate of drug-likeness (QED) is 0.297. The van der Waals surface area contributed by atoms with Gasteiger partial charge in [-0.05, 0) is 29.8 Å². The third kappa shape index (κ3) is 7.11. The minimum Gasteiger partial charge on any atom is -0.491 e. The Kier molecular flexibility index (Phi) is 9.06. The summed E-state index contributed by atoms with van der Waals surface area (Å²) in [4.78, 5) is 14.6. The predicted molar refractivity (Wildman–Crippen MR) is 135 cm³/mol. The van der Waals surface area contributed by atoms with Gasteiger partial charge in [0.25, 0.3) is 0 Å². The maximum absolute atomic E-state index is 10.5. The van der Waals surface area contributed by atoms with Gasteiger partial charge in [0.15, 0.2) is 5.79 Å². The Morgan fingerprint density at radius 1 is 1.22 bits per heavy atom. The van der Waals surface area contributed by atoms with Gasteiger partial charge in [-0.1, -0.05) is 41.4 Å². The second-order valence-electron chi connectivity index (χ2n) is 8.34. The maximum Gasteiger partial charge on any atom is 0.404 e. The number of benzene rings is 2. The molecule has 1 aliphatic rings. The lowest BCUT2D eigenvalue weighted by Crippen LogP contribution is -2.31. The van der Waals surface area contributed by atoms with Gasteiger partial charge < -0.3 is 34.5 Å². The number of aryl methyl sites for hydroxylation is 1. The highest BCUT2D eigenvalue weighted by molar-refractivity contribution is 6.35. The van der Waals surface area contributed by atoms with E-state index in [0.717, 1.165) is 16.9 Å². The van der Waals surface area contributed by atoms with E-state index in [2.05, 4.69) is 15.6 Å². The number of hydrogen-bond donors (Lipinski definition) is 3. The predicted octanol–water partition coefficient (Wildman–Crippen LogP) is 4.28. The van der Waals surface area contributed by atoms with E-state index in [1.165, 1.54) is 0 Å². The number of ether oxygens (including phenoxy) is 3. The van der Waals surface area contributed by atoms with E-state index >= 15 is 0 Å². The Hall–Kier alpha value is -2.82. The molecule has 1 saturated heterocycles. The molecule has 9 nitrogen and oxygen atoms in total. The molecule has 4 rings (SSSR count). The molecule has 3 aromatic rings. The van der Waals surface area contributed by atoms with Crippen LogP contribution >= 0.6 is 23.2 Å². The zero-order valence-electron chi connectivity index (χ0n) is 19.5. The fraction of sp³-hybridized carbons (Fsp3) is 0.360. The lowest BCUT2D eigenvalue weighted by molar-refractivity contribution is -0.186. The first-order valence-corrected chi connectivity index (χ1v) is 12.3. The third-order valence-corrected chi connectivity index (χ3v) is 6.27. The van der Waals surface area contributed by atoms with E-state index < -0.39 is 11.9 Å². The average Bonchev–Trinajstić information content (AvgIpc) is 3.52. The van der Waals surface area contributed by atoms with Gasteiger partial charge in [-0.15, -0.1) is 0 Å². The zero-order chi connectivity index (χ0) is 25.4. The molecule has 1 fully saturated rings. The van der Waals surface area contributed by atoms with E-state index in [1.54, 1.807) is 24.7 Å². The number of nitrogens with zero attached hydrogens (tertiary/aromatic N) is 2. The summed E-state index contributed by atoms with van der Waals surface area (Å²) < 4.78 is 20.6. The van der Waals surface area contributed by atoms with Crippen molar-refractivity contribution >= 4 is 29.3 Å². The van der Waals surface area contributed by atoms with E-state index in [9.17, 15) is 4.79 Å². The zero-order valence-corrected chi connectivity index (χ0v) is 21.0. The van der Waals surface area contributed by atoms with Crippen LogP contribution in [0.1, 0.15) is 17.5 Å².